The van der Waals surface area contributed by atoms with Crippen LogP contribution in [0.5, 0.6) is 5.88 Å². The number of hydrogen-bond donors (Lipinski definition) is 3. The number of nitriles is 1. The smallest absolute Gasteiger partial charge is 0.474 e. The summed E-state index contributed by atoms with van der Waals surface area (Å²) in [6, 6.07) is 3.57. The number of amides is 1. The number of anilines is 1. The van der Waals surface area contributed by atoms with Gasteiger partial charge in [0.2, 0.25) is 17.7 Å². The largest absolute Gasteiger partial charge is 0.697 e. The van der Waals surface area contributed by atoms with Crippen LogP contribution in [0.2, 0.25) is 22.2 Å². The summed E-state index contributed by atoms with van der Waals surface area (Å²) < 4.78 is 88.3. The molecule has 1 saturated carbocycles. The number of nitrogens with one attached hydrogen (secondary N) is 2. The fourth-order valence-electron chi connectivity index (χ4n) is 8.19. The molecule has 3 fully saturated rings. The number of phosphoric acid groups is 1. The number of carbonyl (C=O) groups is 1. The number of nitrogens with zero attached hydrogens (tertiary/aromatic N) is 6. The molecule has 3 aromatic heterocycles. The van der Waals surface area contributed by atoms with Gasteiger partial charge in [0.15, 0.2) is 17.4 Å². The summed E-state index contributed by atoms with van der Waals surface area (Å²) in [6.45, 7) is 17.6. The van der Waals surface area contributed by atoms with Gasteiger partial charge in [-0.1, -0.05) is 69.2 Å². The van der Waals surface area contributed by atoms with E-state index in [4.69, 9.17) is 40.6 Å². The molecule has 1 aliphatic carbocycles. The summed E-state index contributed by atoms with van der Waals surface area (Å²) in [6.07, 6.45) is -2.12. The van der Waals surface area contributed by atoms with Gasteiger partial charge >= 0.3 is 33.2 Å². The van der Waals surface area contributed by atoms with Crippen LogP contribution < -0.4 is 15.6 Å². The highest BCUT2D eigenvalue weighted by molar-refractivity contribution is 7.48. The van der Waals surface area contributed by atoms with Gasteiger partial charge in [0.05, 0.1) is 32.0 Å². The van der Waals surface area contributed by atoms with E-state index in [0.29, 0.717) is 12.3 Å². The second kappa shape index (κ2) is 21.3. The van der Waals surface area contributed by atoms with E-state index in [0.717, 1.165) is 0 Å². The van der Waals surface area contributed by atoms with Gasteiger partial charge in [0.25, 0.3) is 5.56 Å². The topological polar surface area (TPSA) is 280 Å². The number of aromatic amines is 1. The molecule has 0 aromatic carbocycles. The van der Waals surface area contributed by atoms with Gasteiger partial charge in [-0.25, -0.2) is 19.5 Å². The number of fused-ring (bicyclic) bond motifs is 4. The average molecular weight is 984 g/mol. The minimum atomic E-state index is -4.76. The molecule has 2 unspecified atom stereocenters. The predicted octanol–water partition coefficient (Wildman–Crippen LogP) is 6.69. The van der Waals surface area contributed by atoms with Crippen molar-refractivity contribution in [3.8, 4) is 11.9 Å². The van der Waals surface area contributed by atoms with E-state index in [1.165, 1.54) is 23.4 Å². The van der Waals surface area contributed by atoms with Gasteiger partial charge in [0, 0.05) is 35.1 Å². The number of hydrogen-bond acceptors (Lipinski definition) is 19. The van der Waals surface area contributed by atoms with E-state index >= 15 is 4.57 Å². The Hall–Kier alpha value is -3.41. The van der Waals surface area contributed by atoms with Gasteiger partial charge in [0.1, 0.15) is 43.5 Å². The van der Waals surface area contributed by atoms with Crippen molar-refractivity contribution in [1.29, 1.82) is 5.26 Å². The summed E-state index contributed by atoms with van der Waals surface area (Å²) in [4.78, 5) is 58.0. The van der Waals surface area contributed by atoms with Crippen LogP contribution in [0.3, 0.4) is 0 Å². The number of phosphoric ester groups is 1. The van der Waals surface area contributed by atoms with Crippen molar-refractivity contribution in [3.63, 3.8) is 0 Å². The Kier molecular flexibility index (Phi) is 16.7. The molecule has 6 rings (SSSR count). The molecule has 3 N–H and O–H groups in total. The SMILES string of the molecule is CC(C)C(=O)Nc1nc2c(ncn2[C@@H]2O[C@@H]3CO[P+](=O)O[C@H]4C[C@H](Oc5ccncn5)C[C@@H]4COP(=O)(OCCC#N)O[C@@H]2[C@@H]3O[Si](O[Si](O)(C(C)C)C(C)C)(C(C)C)C(C)C)c(=O)[nH]1. The number of ether oxygens (including phenoxy) is 2. The fourth-order valence-corrected chi connectivity index (χ4v) is 20.3. The summed E-state index contributed by atoms with van der Waals surface area (Å²) in [7, 11) is -14.9. The third-order valence-electron chi connectivity index (χ3n) is 11.8. The Balaban J connectivity index is 1.49. The van der Waals surface area contributed by atoms with Gasteiger partial charge in [-0.2, -0.15) is 10.2 Å². The first-order chi connectivity index (χ1) is 30.7. The van der Waals surface area contributed by atoms with Crippen LogP contribution in [0, 0.1) is 23.2 Å². The number of imidazole rings is 1. The predicted molar refractivity (Wildman–Crippen MR) is 238 cm³/mol. The minimum Gasteiger partial charge on any atom is -0.474 e. The van der Waals surface area contributed by atoms with Crippen molar-refractivity contribution >= 4 is 56.2 Å². The maximum absolute atomic E-state index is 15.2. The van der Waals surface area contributed by atoms with Gasteiger partial charge < -0.3 is 22.8 Å². The number of aromatic nitrogens is 6. The van der Waals surface area contributed by atoms with Crippen LogP contribution in [0.4, 0.5) is 5.95 Å². The Morgan fingerprint density at radius 2 is 1.80 bits per heavy atom. The lowest BCUT2D eigenvalue weighted by Crippen LogP contribution is -2.62. The molecule has 1 amide bonds. The Bertz CT molecular complexity index is 2270. The average Bonchev–Trinajstić information content (AvgIpc) is 3.93. The number of H-pyrrole nitrogens is 1. The Morgan fingerprint density at radius 3 is 2.43 bits per heavy atom. The molecular weight excluding hydrogens is 923 g/mol. The zero-order valence-corrected chi connectivity index (χ0v) is 42.1. The molecule has 65 heavy (non-hydrogen) atoms. The maximum Gasteiger partial charge on any atom is 0.697 e. The third-order valence-corrected chi connectivity index (χ3v) is 23.8. The van der Waals surface area contributed by atoms with Gasteiger partial charge in [-0.05, 0) is 28.6 Å². The van der Waals surface area contributed by atoms with Crippen molar-refractivity contribution in [2.75, 3.05) is 25.1 Å². The van der Waals surface area contributed by atoms with E-state index in [-0.39, 0.29) is 65.3 Å². The number of rotatable bonds is 16. The Labute approximate surface area is 380 Å². The van der Waals surface area contributed by atoms with Crippen molar-refractivity contribution in [2.24, 2.45) is 11.8 Å². The summed E-state index contributed by atoms with van der Waals surface area (Å²) in [5.41, 5.74) is -1.99. The first-order valence-electron chi connectivity index (χ1n) is 21.9. The zero-order valence-electron chi connectivity index (χ0n) is 38.3. The van der Waals surface area contributed by atoms with Crippen molar-refractivity contribution < 1.29 is 59.4 Å². The van der Waals surface area contributed by atoms with Crippen molar-refractivity contribution in [2.45, 2.75) is 147 Å². The van der Waals surface area contributed by atoms with Crippen LogP contribution in [0.1, 0.15) is 94.7 Å². The van der Waals surface area contributed by atoms with Crippen LogP contribution in [-0.2, 0) is 49.8 Å². The molecule has 5 heterocycles. The molecular formula is C39H61N8O14P2Si2+. The van der Waals surface area contributed by atoms with Crippen LogP contribution in [0.25, 0.3) is 11.2 Å². The van der Waals surface area contributed by atoms with Crippen molar-refractivity contribution in [1.82, 2.24) is 29.5 Å². The highest BCUT2D eigenvalue weighted by atomic mass is 31.2. The second-order valence-electron chi connectivity index (χ2n) is 18.0. The highest BCUT2D eigenvalue weighted by Crippen LogP contribution is 2.57. The van der Waals surface area contributed by atoms with Gasteiger partial charge in [-0.15, -0.1) is 9.05 Å². The highest BCUT2D eigenvalue weighted by Gasteiger charge is 2.61. The lowest BCUT2D eigenvalue weighted by Gasteiger charge is -2.47. The molecule has 0 radical (unpaired) electrons. The van der Waals surface area contributed by atoms with Crippen LogP contribution in [0.15, 0.2) is 29.7 Å². The van der Waals surface area contributed by atoms with Crippen molar-refractivity contribution in [3.05, 3.63) is 35.3 Å². The molecule has 358 valence electrons. The van der Waals surface area contributed by atoms with E-state index < -0.39 is 99.9 Å². The van der Waals surface area contributed by atoms with E-state index in [9.17, 15) is 24.2 Å². The molecule has 2 aliphatic heterocycles. The lowest BCUT2D eigenvalue weighted by atomic mass is 10.1. The second-order valence-corrected chi connectivity index (χ2v) is 29.1. The molecule has 22 nitrogen and oxygen atoms in total. The summed E-state index contributed by atoms with van der Waals surface area (Å²) >= 11 is 0. The molecule has 2 saturated heterocycles. The molecule has 0 spiro atoms. The van der Waals surface area contributed by atoms with E-state index in [1.54, 1.807) is 19.9 Å². The standard InChI is InChI=1S/C39H60N8O14P2Si2/c1-22(2)36(48)45-39-44-35-32(37(49)46-39)43-21-47(35)38-34-33(60-65(25(7)8,26(9)10)61-64(52,23(3)4)24(5)6)30(57-38)19-53-62(50)58-29-17-28(56-31-12-14-41-20-42-31)16-27(29)18-55-63(51,59-34)54-15-11-13-40/h12,14,20-30,33-34,38,52H,11,15-19H2,1-10H3,(H-,44,45,46,48,49)/p+1/t27-,28-,29+,30-,33-,34-,38-,63?/m1/s1. The molecule has 26 heteroatoms. The maximum atomic E-state index is 15.2. The minimum absolute atomic E-state index is 0.0548. The number of carbonyl (C=O) groups excluding carboxylic acids is 1. The Morgan fingerprint density at radius 1 is 1.08 bits per heavy atom. The molecule has 2 bridgehead atoms. The third kappa shape index (κ3) is 11.5. The zero-order chi connectivity index (χ0) is 47.4. The van der Waals surface area contributed by atoms with E-state index in [2.05, 4.69) is 30.2 Å². The van der Waals surface area contributed by atoms with Crippen LogP contribution in [-0.4, -0.2) is 108 Å². The first-order valence-corrected chi connectivity index (χ1v) is 28.4. The van der Waals surface area contributed by atoms with Gasteiger partial charge in [-0.3, -0.25) is 38.0 Å². The lowest BCUT2D eigenvalue weighted by molar-refractivity contribution is -0.118. The normalized spacial score (nSPS) is 27.5. The monoisotopic (exact) mass is 983 g/mol. The van der Waals surface area contributed by atoms with E-state index in [1.807, 2.05) is 61.5 Å². The summed E-state index contributed by atoms with van der Waals surface area (Å²) in [5, 5.41) is 12.1. The molecule has 3 aliphatic rings. The van der Waals surface area contributed by atoms with Crippen LogP contribution >= 0.6 is 16.1 Å². The molecule has 3 aromatic rings. The fraction of sp³-hybridized carbons (Fsp3) is 0.718. The summed E-state index contributed by atoms with van der Waals surface area (Å²) in [5.74, 6) is -1.30. The quantitative estimate of drug-likeness (QED) is 0.0765. The first kappa shape index (κ1) is 51.0. The molecule has 9 atom stereocenters.